The van der Waals surface area contributed by atoms with Gasteiger partial charge in [-0.3, -0.25) is 0 Å². The van der Waals surface area contributed by atoms with Crippen LogP contribution in [-0.4, -0.2) is 9.79 Å². The lowest BCUT2D eigenvalue weighted by atomic mass is 10.2. The molecule has 0 aliphatic rings. The molecule has 0 aromatic carbocycles. The number of hydrogen-bond acceptors (Lipinski definition) is 1. The van der Waals surface area contributed by atoms with Gasteiger partial charge in [0, 0.05) is 5.31 Å². The van der Waals surface area contributed by atoms with Crippen molar-refractivity contribution in [3.8, 4) is 0 Å². The van der Waals surface area contributed by atoms with Gasteiger partial charge in [-0.25, -0.2) is 0 Å². The fourth-order valence-electron chi connectivity index (χ4n) is 0.410. The van der Waals surface area contributed by atoms with Gasteiger partial charge in [0.1, 0.15) is 0 Å². The van der Waals surface area contributed by atoms with Gasteiger partial charge in [-0.05, 0) is 23.8 Å². The Kier molecular flexibility index (Phi) is 3.46. The normalized spacial score (nSPS) is 11.1. The molecular formula is C6H11O2PS. The third-order valence-electron chi connectivity index (χ3n) is 1.19. The zero-order valence-electron chi connectivity index (χ0n) is 5.87. The predicted molar refractivity (Wildman–Crippen MR) is 47.3 cm³/mol. The summed E-state index contributed by atoms with van der Waals surface area (Å²) in [4.78, 5) is 17.8. The first kappa shape index (κ1) is 10.0. The molecule has 0 saturated heterocycles. The Hall–Kier alpha value is 0.0500. The summed E-state index contributed by atoms with van der Waals surface area (Å²) in [6, 6.07) is 0. The molecule has 0 radical (unpaired) electrons. The zero-order valence-corrected chi connectivity index (χ0v) is 7.58. The van der Waals surface area contributed by atoms with Crippen molar-refractivity contribution in [1.82, 2.24) is 0 Å². The second kappa shape index (κ2) is 3.44. The third kappa shape index (κ3) is 2.76. The van der Waals surface area contributed by atoms with E-state index in [1.165, 1.54) is 0 Å². The van der Waals surface area contributed by atoms with Gasteiger partial charge >= 0.3 is 0 Å². The van der Waals surface area contributed by atoms with Crippen LogP contribution in [0.25, 0.3) is 0 Å². The fraction of sp³-hybridized carbons (Fsp3) is 0.333. The molecule has 0 atom stereocenters. The van der Waals surface area contributed by atoms with Crippen LogP contribution in [0.3, 0.4) is 0 Å². The minimum Gasteiger partial charge on any atom is -0.342 e. The summed E-state index contributed by atoms with van der Waals surface area (Å²) in [5.41, 5.74) is 0.619. The highest BCUT2D eigenvalue weighted by Crippen LogP contribution is 2.47. The minimum atomic E-state index is -3.29. The molecule has 0 spiro atoms. The van der Waals surface area contributed by atoms with Crippen LogP contribution in [0.2, 0.25) is 0 Å². The summed E-state index contributed by atoms with van der Waals surface area (Å²) in [7, 11) is 0. The average Bonchev–Trinajstić information content (AvgIpc) is 1.83. The first-order chi connectivity index (χ1) is 4.39. The molecule has 4 heteroatoms. The molecule has 58 valence electrons. The maximum atomic E-state index is 8.91. The minimum absolute atomic E-state index is 0.213. The van der Waals surface area contributed by atoms with Crippen molar-refractivity contribution < 1.29 is 9.79 Å². The summed E-state index contributed by atoms with van der Waals surface area (Å²) in [5, 5.41) is 0.213. The Morgan fingerprint density at radius 1 is 1.50 bits per heavy atom. The predicted octanol–water partition coefficient (Wildman–Crippen LogP) is 1.76. The quantitative estimate of drug-likeness (QED) is 0.511. The van der Waals surface area contributed by atoms with Crippen molar-refractivity contribution in [1.29, 1.82) is 0 Å². The molecule has 0 aromatic heterocycles. The maximum Gasteiger partial charge on any atom is 0.213 e. The molecule has 0 rings (SSSR count). The topological polar surface area (TPSA) is 40.5 Å². The van der Waals surface area contributed by atoms with Crippen molar-refractivity contribution in [2.75, 3.05) is 0 Å². The molecule has 0 heterocycles. The Bertz CT molecular complexity index is 204. The Morgan fingerprint density at radius 3 is 2.00 bits per heavy atom. The Labute approximate surface area is 66.1 Å². The molecule has 0 unspecified atom stereocenters. The monoisotopic (exact) mass is 178 g/mol. The lowest BCUT2D eigenvalue weighted by molar-refractivity contribution is 0.489. The second-order valence-electron chi connectivity index (χ2n) is 1.95. The molecular weight excluding hydrogens is 167 g/mol. The van der Waals surface area contributed by atoms with E-state index in [1.807, 2.05) is 6.92 Å². The van der Waals surface area contributed by atoms with Crippen LogP contribution in [0.4, 0.5) is 0 Å². The fourth-order valence-corrected chi connectivity index (χ4v) is 1.37. The highest BCUT2D eigenvalue weighted by Gasteiger charge is 2.13. The molecule has 0 amide bonds. The summed E-state index contributed by atoms with van der Waals surface area (Å²) < 4.78 is 0. The van der Waals surface area contributed by atoms with Gasteiger partial charge in [-0.1, -0.05) is 20.1 Å². The van der Waals surface area contributed by atoms with Crippen LogP contribution in [-0.2, 0) is 11.8 Å². The van der Waals surface area contributed by atoms with Gasteiger partial charge in [0.05, 0.1) is 0 Å². The first-order valence-corrected chi connectivity index (χ1v) is 5.53. The van der Waals surface area contributed by atoms with Gasteiger partial charge in [0.15, 0.2) is 0 Å². The van der Waals surface area contributed by atoms with E-state index in [0.717, 1.165) is 0 Å². The summed E-state index contributed by atoms with van der Waals surface area (Å²) >= 11 is 4.41. The molecule has 0 aliphatic heterocycles. The zero-order chi connectivity index (χ0) is 8.36. The highest BCUT2D eigenvalue weighted by atomic mass is 32.5. The molecule has 0 bridgehead atoms. The van der Waals surface area contributed by atoms with Crippen LogP contribution in [0, 0.1) is 0 Å². The largest absolute Gasteiger partial charge is 0.342 e. The summed E-state index contributed by atoms with van der Waals surface area (Å²) in [6.45, 7) is 5.59. The second-order valence-corrected chi connectivity index (χ2v) is 5.10. The van der Waals surface area contributed by atoms with E-state index in [-0.39, 0.29) is 5.31 Å². The molecule has 0 aliphatic carbocycles. The number of hydrogen-bond donors (Lipinski definition) is 2. The Balaban J connectivity index is 4.40. The van der Waals surface area contributed by atoms with Crippen molar-refractivity contribution in [2.45, 2.75) is 13.3 Å². The molecule has 10 heavy (non-hydrogen) atoms. The Morgan fingerprint density at radius 2 is 1.90 bits per heavy atom. The van der Waals surface area contributed by atoms with E-state index in [4.69, 9.17) is 9.79 Å². The van der Waals surface area contributed by atoms with Gasteiger partial charge in [-0.2, -0.15) is 0 Å². The smallest absolute Gasteiger partial charge is 0.213 e. The first-order valence-electron chi connectivity index (χ1n) is 2.82. The molecule has 0 fully saturated rings. The summed E-state index contributed by atoms with van der Waals surface area (Å²) in [6.07, 6.45) is 0.651. The van der Waals surface area contributed by atoms with Crippen molar-refractivity contribution in [3.63, 3.8) is 0 Å². The van der Waals surface area contributed by atoms with Crippen molar-refractivity contribution in [3.05, 3.63) is 24.0 Å². The number of rotatable bonds is 3. The molecule has 2 nitrogen and oxygen atoms in total. The van der Waals surface area contributed by atoms with Gasteiger partial charge in [-0.15, -0.1) is 0 Å². The van der Waals surface area contributed by atoms with Crippen molar-refractivity contribution in [2.24, 2.45) is 0 Å². The highest BCUT2D eigenvalue weighted by molar-refractivity contribution is 8.11. The molecule has 0 saturated carbocycles. The van der Waals surface area contributed by atoms with Gasteiger partial charge in [0.2, 0.25) is 6.49 Å². The van der Waals surface area contributed by atoms with E-state index < -0.39 is 6.49 Å². The van der Waals surface area contributed by atoms with Gasteiger partial charge < -0.3 is 9.79 Å². The lowest BCUT2D eigenvalue weighted by Gasteiger charge is -2.11. The maximum absolute atomic E-state index is 8.91. The van der Waals surface area contributed by atoms with Gasteiger partial charge in [0.25, 0.3) is 0 Å². The van der Waals surface area contributed by atoms with Crippen LogP contribution < -0.4 is 0 Å². The summed E-state index contributed by atoms with van der Waals surface area (Å²) in [5.74, 6) is 0. The molecule has 0 aromatic rings. The van der Waals surface area contributed by atoms with Crippen LogP contribution in [0.1, 0.15) is 13.3 Å². The molecule has 2 N–H and O–H groups in total. The van der Waals surface area contributed by atoms with E-state index >= 15 is 0 Å². The average molecular weight is 178 g/mol. The van der Waals surface area contributed by atoms with E-state index in [9.17, 15) is 0 Å². The third-order valence-corrected chi connectivity index (χ3v) is 2.87. The van der Waals surface area contributed by atoms with Crippen molar-refractivity contribution >= 4 is 18.3 Å². The number of allylic oxidation sites excluding steroid dienone is 2. The van der Waals surface area contributed by atoms with E-state index in [2.05, 4.69) is 25.0 Å². The van der Waals surface area contributed by atoms with E-state index in [0.29, 0.717) is 12.0 Å². The lowest BCUT2D eigenvalue weighted by Crippen LogP contribution is -1.86. The van der Waals surface area contributed by atoms with E-state index in [1.54, 1.807) is 0 Å². The van der Waals surface area contributed by atoms with Crippen LogP contribution >= 0.6 is 6.49 Å². The SMILES string of the molecule is C=C(CC)C(=C)P(O)(O)=S. The van der Waals surface area contributed by atoms with Crippen LogP contribution in [0.15, 0.2) is 24.0 Å². The standard InChI is InChI=1S/C6H11O2PS/c1-4-5(2)6(3)9(7,8)10/h2-4H2,1H3,(H2,7,8,10). The van der Waals surface area contributed by atoms with Crippen LogP contribution in [0.5, 0.6) is 0 Å².